The zero-order valence-electron chi connectivity index (χ0n) is 13.1. The molecule has 0 saturated heterocycles. The highest BCUT2D eigenvalue weighted by atomic mass is 19.1. The van der Waals surface area contributed by atoms with Gasteiger partial charge in [-0.3, -0.25) is 9.67 Å². The molecule has 0 saturated carbocycles. The second-order valence-electron chi connectivity index (χ2n) is 5.42. The van der Waals surface area contributed by atoms with E-state index in [1.165, 1.54) is 18.2 Å². The van der Waals surface area contributed by atoms with Gasteiger partial charge in [-0.05, 0) is 24.3 Å². The lowest BCUT2D eigenvalue weighted by atomic mass is 10.2. The smallest absolute Gasteiger partial charge is 0.180 e. The summed E-state index contributed by atoms with van der Waals surface area (Å²) in [6.45, 7) is 0. The van der Waals surface area contributed by atoms with Crippen molar-refractivity contribution in [1.82, 2.24) is 24.7 Å². The first-order valence-electron chi connectivity index (χ1n) is 7.44. The van der Waals surface area contributed by atoms with Crippen molar-refractivity contribution < 1.29 is 8.78 Å². The van der Waals surface area contributed by atoms with Gasteiger partial charge in [0, 0.05) is 18.8 Å². The molecular formula is C17H12F2N6. The third kappa shape index (κ3) is 2.89. The van der Waals surface area contributed by atoms with E-state index in [2.05, 4.69) is 25.4 Å². The lowest BCUT2D eigenvalue weighted by Gasteiger charge is -2.08. The number of nitrogens with zero attached hydrogens (tertiary/aromatic N) is 5. The van der Waals surface area contributed by atoms with Crippen LogP contribution < -0.4 is 5.32 Å². The van der Waals surface area contributed by atoms with Gasteiger partial charge in [-0.15, -0.1) is 0 Å². The highest BCUT2D eigenvalue weighted by Gasteiger charge is 2.11. The summed E-state index contributed by atoms with van der Waals surface area (Å²) in [4.78, 5) is 13.1. The Kier molecular flexibility index (Phi) is 3.57. The van der Waals surface area contributed by atoms with Crippen molar-refractivity contribution in [3.8, 4) is 11.3 Å². The maximum Gasteiger partial charge on any atom is 0.180 e. The van der Waals surface area contributed by atoms with Crippen LogP contribution in [0.1, 0.15) is 0 Å². The molecule has 1 N–H and O–H groups in total. The Bertz CT molecular complexity index is 1060. The van der Waals surface area contributed by atoms with Crippen LogP contribution in [-0.2, 0) is 7.05 Å². The monoisotopic (exact) mass is 338 g/mol. The number of benzene rings is 1. The number of para-hydroxylation sites is 1. The van der Waals surface area contributed by atoms with Gasteiger partial charge in [0.05, 0.1) is 18.1 Å². The van der Waals surface area contributed by atoms with E-state index in [0.29, 0.717) is 16.9 Å². The number of rotatable bonds is 3. The number of pyridine rings is 1. The Morgan fingerprint density at radius 2 is 1.80 bits per heavy atom. The predicted octanol–water partition coefficient (Wildman–Crippen LogP) is 3.45. The van der Waals surface area contributed by atoms with E-state index in [1.54, 1.807) is 36.3 Å². The minimum Gasteiger partial charge on any atom is -0.335 e. The van der Waals surface area contributed by atoms with Crippen LogP contribution in [0.3, 0.4) is 0 Å². The number of anilines is 2. The number of hydrogen-bond acceptors (Lipinski definition) is 5. The fourth-order valence-electron chi connectivity index (χ4n) is 2.41. The number of fused-ring (bicyclic) bond motifs is 1. The van der Waals surface area contributed by atoms with Crippen molar-refractivity contribution in [2.75, 3.05) is 5.32 Å². The van der Waals surface area contributed by atoms with Crippen LogP contribution in [0.25, 0.3) is 22.4 Å². The first-order chi connectivity index (χ1) is 12.1. The molecule has 3 aromatic heterocycles. The standard InChI is InChI=1S/C17H12F2N6/c1-25-9-10(7-21-25)14-8-20-13-5-6-15(24-17(13)22-14)23-16-11(18)3-2-4-12(16)19/h2-9H,1H3,(H,22,23,24). The molecular weight excluding hydrogens is 326 g/mol. The zero-order chi connectivity index (χ0) is 17.4. The Balaban J connectivity index is 1.74. The summed E-state index contributed by atoms with van der Waals surface area (Å²) in [6, 6.07) is 6.92. The van der Waals surface area contributed by atoms with Gasteiger partial charge in [0.15, 0.2) is 5.65 Å². The number of halogens is 2. The van der Waals surface area contributed by atoms with Crippen molar-refractivity contribution in [2.45, 2.75) is 0 Å². The van der Waals surface area contributed by atoms with E-state index in [4.69, 9.17) is 0 Å². The highest BCUT2D eigenvalue weighted by Crippen LogP contribution is 2.24. The van der Waals surface area contributed by atoms with Gasteiger partial charge in [0.2, 0.25) is 0 Å². The minimum absolute atomic E-state index is 0.259. The SMILES string of the molecule is Cn1cc(-c2cnc3ccc(Nc4c(F)cccc4F)nc3n2)cn1. The fraction of sp³-hybridized carbons (Fsp3) is 0.0588. The first-order valence-corrected chi connectivity index (χ1v) is 7.44. The molecule has 0 fully saturated rings. The van der Waals surface area contributed by atoms with Crippen LogP contribution in [0.5, 0.6) is 0 Å². The van der Waals surface area contributed by atoms with Crippen LogP contribution in [0, 0.1) is 11.6 Å². The summed E-state index contributed by atoms with van der Waals surface area (Å²) in [6.07, 6.45) is 5.12. The normalized spacial score (nSPS) is 11.0. The molecule has 0 bridgehead atoms. The predicted molar refractivity (Wildman–Crippen MR) is 89.2 cm³/mol. The number of aryl methyl sites for hydroxylation is 1. The van der Waals surface area contributed by atoms with Crippen molar-refractivity contribution in [3.63, 3.8) is 0 Å². The minimum atomic E-state index is -0.697. The molecule has 0 unspecified atom stereocenters. The van der Waals surface area contributed by atoms with Crippen molar-refractivity contribution in [1.29, 1.82) is 0 Å². The lowest BCUT2D eigenvalue weighted by molar-refractivity contribution is 0.590. The summed E-state index contributed by atoms with van der Waals surface area (Å²) < 4.78 is 29.2. The second-order valence-corrected chi connectivity index (χ2v) is 5.42. The van der Waals surface area contributed by atoms with Gasteiger partial charge in [0.1, 0.15) is 28.7 Å². The van der Waals surface area contributed by atoms with E-state index < -0.39 is 11.6 Å². The lowest BCUT2D eigenvalue weighted by Crippen LogP contribution is -2.00. The summed E-state index contributed by atoms with van der Waals surface area (Å²) in [7, 11) is 1.81. The quantitative estimate of drug-likeness (QED) is 0.620. The maximum absolute atomic E-state index is 13.8. The molecule has 4 aromatic rings. The molecule has 3 heterocycles. The highest BCUT2D eigenvalue weighted by molar-refractivity contribution is 5.76. The Morgan fingerprint density at radius 3 is 2.52 bits per heavy atom. The van der Waals surface area contributed by atoms with Crippen LogP contribution in [0.4, 0.5) is 20.3 Å². The molecule has 25 heavy (non-hydrogen) atoms. The van der Waals surface area contributed by atoms with Crippen molar-refractivity contribution >= 4 is 22.7 Å². The number of hydrogen-bond donors (Lipinski definition) is 1. The van der Waals surface area contributed by atoms with Gasteiger partial charge in [-0.1, -0.05) is 6.07 Å². The first kappa shape index (κ1) is 15.1. The Hall–Kier alpha value is -3.42. The molecule has 1 aromatic carbocycles. The largest absolute Gasteiger partial charge is 0.335 e. The second kappa shape index (κ2) is 5.90. The molecule has 0 aliphatic heterocycles. The molecule has 4 rings (SSSR count). The molecule has 124 valence electrons. The zero-order valence-corrected chi connectivity index (χ0v) is 13.1. The Morgan fingerprint density at radius 1 is 1.00 bits per heavy atom. The number of aromatic nitrogens is 5. The van der Waals surface area contributed by atoms with E-state index in [0.717, 1.165) is 5.56 Å². The van der Waals surface area contributed by atoms with Crippen molar-refractivity contribution in [3.05, 3.63) is 60.6 Å². The van der Waals surface area contributed by atoms with Crippen LogP contribution in [-0.4, -0.2) is 24.7 Å². The molecule has 0 radical (unpaired) electrons. The van der Waals surface area contributed by atoms with Crippen molar-refractivity contribution in [2.24, 2.45) is 7.05 Å². The van der Waals surface area contributed by atoms with Gasteiger partial charge in [0.25, 0.3) is 0 Å². The molecule has 0 spiro atoms. The summed E-state index contributed by atoms with van der Waals surface area (Å²) >= 11 is 0. The maximum atomic E-state index is 13.8. The van der Waals surface area contributed by atoms with E-state index in [1.807, 2.05) is 6.20 Å². The average molecular weight is 338 g/mol. The molecule has 0 aliphatic rings. The summed E-state index contributed by atoms with van der Waals surface area (Å²) in [5.41, 5.74) is 2.10. The molecule has 0 aliphatic carbocycles. The van der Waals surface area contributed by atoms with E-state index in [9.17, 15) is 8.78 Å². The Labute approximate surface area is 141 Å². The van der Waals surface area contributed by atoms with Crippen LogP contribution >= 0.6 is 0 Å². The molecule has 8 heteroatoms. The van der Waals surface area contributed by atoms with Gasteiger partial charge < -0.3 is 5.32 Å². The topological polar surface area (TPSA) is 68.5 Å². The number of nitrogens with one attached hydrogen (secondary N) is 1. The molecule has 0 atom stereocenters. The van der Waals surface area contributed by atoms with Gasteiger partial charge >= 0.3 is 0 Å². The van der Waals surface area contributed by atoms with Gasteiger partial charge in [-0.25, -0.2) is 18.7 Å². The molecule has 0 amide bonds. The van der Waals surface area contributed by atoms with E-state index >= 15 is 0 Å². The van der Waals surface area contributed by atoms with Crippen LogP contribution in [0.15, 0.2) is 48.9 Å². The summed E-state index contributed by atoms with van der Waals surface area (Å²) in [5.74, 6) is -1.12. The van der Waals surface area contributed by atoms with Gasteiger partial charge in [-0.2, -0.15) is 5.10 Å². The van der Waals surface area contributed by atoms with Crippen LogP contribution in [0.2, 0.25) is 0 Å². The third-order valence-electron chi connectivity index (χ3n) is 3.62. The third-order valence-corrected chi connectivity index (χ3v) is 3.62. The summed E-state index contributed by atoms with van der Waals surface area (Å²) in [5, 5.41) is 6.75. The molecule has 6 nitrogen and oxygen atoms in total. The van der Waals surface area contributed by atoms with E-state index in [-0.39, 0.29) is 11.5 Å². The fourth-order valence-corrected chi connectivity index (χ4v) is 2.41. The average Bonchev–Trinajstić information content (AvgIpc) is 3.04.